The molecule has 2 N–H and O–H groups in total. The summed E-state index contributed by atoms with van der Waals surface area (Å²) >= 11 is 0. The molecule has 2 aromatic carbocycles. The van der Waals surface area contributed by atoms with Crippen molar-refractivity contribution in [2.24, 2.45) is 0 Å². The quantitative estimate of drug-likeness (QED) is 0.220. The van der Waals surface area contributed by atoms with Crippen LogP contribution in [0.15, 0.2) is 48.0 Å². The third kappa shape index (κ3) is 4.26. The number of phenols is 1. The van der Waals surface area contributed by atoms with Gasteiger partial charge < -0.3 is 24.7 Å². The van der Waals surface area contributed by atoms with Crippen molar-refractivity contribution in [2.75, 3.05) is 34.3 Å². The Hall–Kier alpha value is -3.92. The molecule has 1 aliphatic heterocycles. The van der Waals surface area contributed by atoms with E-state index < -0.39 is 28.4 Å². The smallest absolute Gasteiger partial charge is 0.295 e. The molecule has 0 aromatic heterocycles. The van der Waals surface area contributed by atoms with Crippen LogP contribution in [0.3, 0.4) is 0 Å². The van der Waals surface area contributed by atoms with E-state index in [0.29, 0.717) is 12.1 Å². The average molecular weight is 441 g/mol. The zero-order valence-electron chi connectivity index (χ0n) is 17.8. The minimum atomic E-state index is -0.957. The van der Waals surface area contributed by atoms with E-state index in [0.717, 1.165) is 0 Å². The van der Waals surface area contributed by atoms with Gasteiger partial charge in [-0.15, -0.1) is 0 Å². The standard InChI is InChI=1S/C22H23N3O7/c1-23(2)10-11-24-19(14-6-9-17(32-3)16(26)12-14)18(21(28)22(24)29)20(27)13-4-7-15(8-5-13)25(30)31/h4-9,12,19,26-27H,10-11H2,1-3H3/b20-18-. The molecule has 1 saturated heterocycles. The number of likely N-dealkylation sites (tertiary alicyclic amines) is 1. The first-order valence-electron chi connectivity index (χ1n) is 9.70. The Labute approximate surface area is 184 Å². The number of aromatic hydroxyl groups is 1. The fourth-order valence-corrected chi connectivity index (χ4v) is 3.54. The van der Waals surface area contributed by atoms with Gasteiger partial charge in [0.25, 0.3) is 17.4 Å². The summed E-state index contributed by atoms with van der Waals surface area (Å²) in [5.41, 5.74) is 0.227. The van der Waals surface area contributed by atoms with Gasteiger partial charge >= 0.3 is 0 Å². The summed E-state index contributed by atoms with van der Waals surface area (Å²) in [6, 6.07) is 8.54. The van der Waals surface area contributed by atoms with Gasteiger partial charge in [-0.2, -0.15) is 0 Å². The van der Waals surface area contributed by atoms with Crippen molar-refractivity contribution in [3.05, 3.63) is 69.3 Å². The molecule has 10 nitrogen and oxygen atoms in total. The van der Waals surface area contributed by atoms with Crippen LogP contribution in [0, 0.1) is 10.1 Å². The molecule has 0 spiro atoms. The van der Waals surface area contributed by atoms with Crippen LogP contribution in [0.5, 0.6) is 11.5 Å². The van der Waals surface area contributed by atoms with E-state index in [9.17, 15) is 29.9 Å². The third-order valence-corrected chi connectivity index (χ3v) is 5.20. The maximum absolute atomic E-state index is 12.9. The number of benzene rings is 2. The molecule has 10 heteroatoms. The second kappa shape index (κ2) is 9.06. The lowest BCUT2D eigenvalue weighted by molar-refractivity contribution is -0.384. The number of hydrogen-bond donors (Lipinski definition) is 2. The minimum absolute atomic E-state index is 0.156. The molecule has 168 valence electrons. The van der Waals surface area contributed by atoms with E-state index in [2.05, 4.69) is 0 Å². The third-order valence-electron chi connectivity index (χ3n) is 5.20. The number of methoxy groups -OCH3 is 1. The largest absolute Gasteiger partial charge is 0.507 e. The molecule has 1 fully saturated rings. The van der Waals surface area contributed by atoms with E-state index in [4.69, 9.17) is 4.74 Å². The number of likely N-dealkylation sites (N-methyl/N-ethyl adjacent to an activating group) is 1. The second-order valence-electron chi connectivity index (χ2n) is 7.53. The summed E-state index contributed by atoms with van der Waals surface area (Å²) in [5.74, 6) is -2.07. The minimum Gasteiger partial charge on any atom is -0.507 e. The van der Waals surface area contributed by atoms with Crippen molar-refractivity contribution in [3.63, 3.8) is 0 Å². The molecule has 0 aliphatic carbocycles. The summed E-state index contributed by atoms with van der Waals surface area (Å²) < 4.78 is 5.06. The number of ketones is 1. The summed E-state index contributed by atoms with van der Waals surface area (Å²) in [7, 11) is 5.04. The number of hydrogen-bond acceptors (Lipinski definition) is 8. The lowest BCUT2D eigenvalue weighted by Crippen LogP contribution is -2.35. The molecular weight excluding hydrogens is 418 g/mol. The zero-order chi connectivity index (χ0) is 23.6. The number of Topliss-reactive ketones (excluding diaryl/α,β-unsaturated/α-hetero) is 1. The molecule has 1 amide bonds. The topological polar surface area (TPSA) is 133 Å². The van der Waals surface area contributed by atoms with Gasteiger partial charge in [0.2, 0.25) is 0 Å². The van der Waals surface area contributed by atoms with Crippen LogP contribution in [-0.4, -0.2) is 70.9 Å². The van der Waals surface area contributed by atoms with Crippen molar-refractivity contribution >= 4 is 23.1 Å². The highest BCUT2D eigenvalue weighted by atomic mass is 16.6. The number of phenolic OH excluding ortho intramolecular Hbond substituents is 1. The van der Waals surface area contributed by atoms with Crippen molar-refractivity contribution in [2.45, 2.75) is 6.04 Å². The number of ether oxygens (including phenoxy) is 1. The normalized spacial score (nSPS) is 17.8. The number of nitro benzene ring substituents is 1. The van der Waals surface area contributed by atoms with Crippen LogP contribution in [-0.2, 0) is 9.59 Å². The highest BCUT2D eigenvalue weighted by molar-refractivity contribution is 6.46. The van der Waals surface area contributed by atoms with Gasteiger partial charge in [0.05, 0.1) is 23.6 Å². The molecule has 1 heterocycles. The first-order chi connectivity index (χ1) is 15.1. The molecule has 3 rings (SSSR count). The van der Waals surface area contributed by atoms with E-state index in [-0.39, 0.29) is 34.9 Å². The Morgan fingerprint density at radius 2 is 1.84 bits per heavy atom. The highest BCUT2D eigenvalue weighted by Crippen LogP contribution is 2.41. The summed E-state index contributed by atoms with van der Waals surface area (Å²) in [6.45, 7) is 0.662. The van der Waals surface area contributed by atoms with Gasteiger partial charge in [-0.25, -0.2) is 0 Å². The highest BCUT2D eigenvalue weighted by Gasteiger charge is 2.46. The number of amides is 1. The molecule has 1 atom stereocenters. The maximum Gasteiger partial charge on any atom is 0.295 e. The van der Waals surface area contributed by atoms with Crippen LogP contribution >= 0.6 is 0 Å². The van der Waals surface area contributed by atoms with Crippen LogP contribution in [0.4, 0.5) is 5.69 Å². The lowest BCUT2D eigenvalue weighted by Gasteiger charge is -2.26. The number of carbonyl (C=O) groups excluding carboxylic acids is 2. The predicted molar refractivity (Wildman–Crippen MR) is 115 cm³/mol. The number of carbonyl (C=O) groups is 2. The van der Waals surface area contributed by atoms with Gasteiger partial charge in [-0.3, -0.25) is 19.7 Å². The van der Waals surface area contributed by atoms with Crippen LogP contribution in [0.25, 0.3) is 5.76 Å². The lowest BCUT2D eigenvalue weighted by atomic mass is 9.95. The van der Waals surface area contributed by atoms with Gasteiger partial charge in [0.1, 0.15) is 5.76 Å². The van der Waals surface area contributed by atoms with Gasteiger partial charge in [-0.05, 0) is 43.9 Å². The van der Waals surface area contributed by atoms with Crippen molar-refractivity contribution in [3.8, 4) is 11.5 Å². The first kappa shape index (κ1) is 22.8. The maximum atomic E-state index is 12.9. The number of non-ortho nitro benzene ring substituents is 1. The Bertz CT molecular complexity index is 1090. The van der Waals surface area contributed by atoms with Crippen molar-refractivity contribution in [1.29, 1.82) is 0 Å². The first-order valence-corrected chi connectivity index (χ1v) is 9.70. The summed E-state index contributed by atoms with van der Waals surface area (Å²) in [5, 5.41) is 32.1. The van der Waals surface area contributed by atoms with Crippen molar-refractivity contribution < 1.29 is 29.5 Å². The fourth-order valence-electron chi connectivity index (χ4n) is 3.54. The van der Waals surface area contributed by atoms with Gasteiger partial charge in [0, 0.05) is 30.8 Å². The molecule has 2 aromatic rings. The van der Waals surface area contributed by atoms with Crippen molar-refractivity contribution in [1.82, 2.24) is 9.80 Å². The predicted octanol–water partition coefficient (Wildman–Crippen LogP) is 2.29. The van der Waals surface area contributed by atoms with Crippen LogP contribution in [0.2, 0.25) is 0 Å². The number of aliphatic hydroxyl groups is 1. The summed E-state index contributed by atoms with van der Waals surface area (Å²) in [6.07, 6.45) is 0. The van der Waals surface area contributed by atoms with Gasteiger partial charge in [0.15, 0.2) is 11.5 Å². The van der Waals surface area contributed by atoms with E-state index in [1.54, 1.807) is 6.07 Å². The Morgan fingerprint density at radius 1 is 1.19 bits per heavy atom. The fraction of sp³-hybridized carbons (Fsp3) is 0.273. The summed E-state index contributed by atoms with van der Waals surface area (Å²) in [4.78, 5) is 39.3. The van der Waals surface area contributed by atoms with E-state index in [1.807, 2.05) is 19.0 Å². The molecule has 0 bridgehead atoms. The molecule has 1 unspecified atom stereocenters. The van der Waals surface area contributed by atoms with E-state index in [1.165, 1.54) is 48.4 Å². The molecule has 0 saturated carbocycles. The number of nitrogens with zero attached hydrogens (tertiary/aromatic N) is 3. The number of nitro groups is 1. The zero-order valence-corrected chi connectivity index (χ0v) is 17.8. The van der Waals surface area contributed by atoms with Crippen LogP contribution in [0.1, 0.15) is 17.2 Å². The monoisotopic (exact) mass is 441 g/mol. The second-order valence-corrected chi connectivity index (χ2v) is 7.53. The Kier molecular flexibility index (Phi) is 6.45. The average Bonchev–Trinajstić information content (AvgIpc) is 3.01. The molecule has 32 heavy (non-hydrogen) atoms. The molecule has 0 radical (unpaired) electrons. The van der Waals surface area contributed by atoms with Gasteiger partial charge in [-0.1, -0.05) is 6.07 Å². The van der Waals surface area contributed by atoms with Crippen LogP contribution < -0.4 is 4.74 Å². The Morgan fingerprint density at radius 3 is 2.38 bits per heavy atom. The molecular formula is C22H23N3O7. The van der Waals surface area contributed by atoms with E-state index >= 15 is 0 Å². The number of aliphatic hydroxyl groups excluding tert-OH is 1. The Balaban J connectivity index is 2.15. The SMILES string of the molecule is COc1ccc(C2/C(=C(/O)c3ccc([N+](=O)[O-])cc3)C(=O)C(=O)N2CCN(C)C)cc1O. The number of rotatable bonds is 7. The molecule has 1 aliphatic rings.